The summed E-state index contributed by atoms with van der Waals surface area (Å²) in [6.45, 7) is 6.05. The second kappa shape index (κ2) is 10.0. The van der Waals surface area contributed by atoms with E-state index in [1.807, 2.05) is 24.0 Å². The van der Waals surface area contributed by atoms with E-state index in [2.05, 4.69) is 10.3 Å². The van der Waals surface area contributed by atoms with Crippen molar-refractivity contribution in [2.75, 3.05) is 43.1 Å². The minimum absolute atomic E-state index is 0.259. The van der Waals surface area contributed by atoms with E-state index < -0.39 is 17.6 Å². The molecule has 180 valence electrons. The van der Waals surface area contributed by atoms with Gasteiger partial charge < -0.3 is 19.7 Å². The lowest BCUT2D eigenvalue weighted by molar-refractivity contribution is -0.136. The molecule has 6 nitrogen and oxygen atoms in total. The zero-order chi connectivity index (χ0) is 24.3. The summed E-state index contributed by atoms with van der Waals surface area (Å²) >= 11 is 1.13. The Bertz CT molecular complexity index is 1160. The van der Waals surface area contributed by atoms with Crippen LogP contribution in [0.1, 0.15) is 27.9 Å². The van der Waals surface area contributed by atoms with Gasteiger partial charge in [0, 0.05) is 24.3 Å². The Morgan fingerprint density at radius 2 is 1.88 bits per heavy atom. The average molecular weight is 492 g/mol. The Hall–Kier alpha value is -3.11. The van der Waals surface area contributed by atoms with Crippen LogP contribution in [-0.4, -0.2) is 43.8 Å². The molecule has 3 aromatic rings. The van der Waals surface area contributed by atoms with E-state index in [1.165, 1.54) is 6.07 Å². The Morgan fingerprint density at radius 1 is 1.18 bits per heavy atom. The fraction of sp³-hybridized carbons (Fsp3) is 0.333. The van der Waals surface area contributed by atoms with Gasteiger partial charge in [-0.05, 0) is 56.3 Å². The molecule has 1 amide bonds. The third-order valence-corrected chi connectivity index (χ3v) is 6.55. The Kier molecular flexibility index (Phi) is 7.08. The topological polar surface area (TPSA) is 63.7 Å². The van der Waals surface area contributed by atoms with Crippen molar-refractivity contribution in [3.8, 4) is 16.3 Å². The lowest BCUT2D eigenvalue weighted by atomic mass is 10.1. The molecule has 2 aromatic carbocycles. The van der Waals surface area contributed by atoms with Gasteiger partial charge in [-0.1, -0.05) is 0 Å². The number of nitrogens with one attached hydrogen (secondary N) is 1. The van der Waals surface area contributed by atoms with E-state index in [0.29, 0.717) is 49.3 Å². The molecule has 1 aliphatic heterocycles. The number of thiazole rings is 1. The van der Waals surface area contributed by atoms with Gasteiger partial charge in [-0.15, -0.1) is 11.3 Å². The van der Waals surface area contributed by atoms with E-state index in [4.69, 9.17) is 9.47 Å². The molecule has 0 spiro atoms. The van der Waals surface area contributed by atoms with E-state index in [-0.39, 0.29) is 10.6 Å². The van der Waals surface area contributed by atoms with Crippen LogP contribution in [0.2, 0.25) is 0 Å². The number of ether oxygens (including phenoxy) is 2. The second-order valence-corrected chi connectivity index (χ2v) is 8.67. The van der Waals surface area contributed by atoms with Crippen LogP contribution in [0.25, 0.3) is 10.6 Å². The molecule has 1 fully saturated rings. The summed E-state index contributed by atoms with van der Waals surface area (Å²) in [7, 11) is 0. The molecule has 34 heavy (non-hydrogen) atoms. The predicted octanol–water partition coefficient (Wildman–Crippen LogP) is 5.62. The number of benzene rings is 2. The van der Waals surface area contributed by atoms with Crippen LogP contribution in [0, 0.1) is 6.92 Å². The number of nitrogens with zero attached hydrogens (tertiary/aromatic N) is 2. The molecule has 0 saturated carbocycles. The highest BCUT2D eigenvalue weighted by Crippen LogP contribution is 2.38. The molecule has 0 unspecified atom stereocenters. The van der Waals surface area contributed by atoms with Crippen molar-refractivity contribution in [2.45, 2.75) is 20.0 Å². The van der Waals surface area contributed by atoms with Crippen LogP contribution in [0.3, 0.4) is 0 Å². The predicted molar refractivity (Wildman–Crippen MR) is 126 cm³/mol. The number of hydrogen-bond acceptors (Lipinski definition) is 6. The molecule has 0 atom stereocenters. The summed E-state index contributed by atoms with van der Waals surface area (Å²) < 4.78 is 52.2. The number of aryl methyl sites for hydroxylation is 1. The Labute approximate surface area is 199 Å². The lowest BCUT2D eigenvalue weighted by Gasteiger charge is -2.29. The molecule has 1 aliphatic rings. The molecule has 0 radical (unpaired) electrons. The highest BCUT2D eigenvalue weighted by atomic mass is 32.1. The van der Waals surface area contributed by atoms with E-state index in [0.717, 1.165) is 28.7 Å². The maximum absolute atomic E-state index is 13.8. The van der Waals surface area contributed by atoms with Crippen LogP contribution in [-0.2, 0) is 10.9 Å². The van der Waals surface area contributed by atoms with Gasteiger partial charge in [-0.2, -0.15) is 13.2 Å². The number of rotatable bonds is 6. The Balaban J connectivity index is 1.57. The molecule has 0 bridgehead atoms. The molecule has 10 heteroatoms. The van der Waals surface area contributed by atoms with Crippen LogP contribution in [0.15, 0.2) is 42.5 Å². The van der Waals surface area contributed by atoms with E-state index in [1.54, 1.807) is 25.1 Å². The summed E-state index contributed by atoms with van der Waals surface area (Å²) in [5, 5.41) is 3.04. The number of halogens is 3. The molecule has 4 rings (SSSR count). The summed E-state index contributed by atoms with van der Waals surface area (Å²) in [6.07, 6.45) is -4.62. The number of anilines is 2. The normalized spacial score (nSPS) is 14.2. The van der Waals surface area contributed by atoms with Crippen molar-refractivity contribution < 1.29 is 27.4 Å². The Morgan fingerprint density at radius 3 is 2.53 bits per heavy atom. The smallest absolute Gasteiger partial charge is 0.418 e. The maximum Gasteiger partial charge on any atom is 0.418 e. The monoisotopic (exact) mass is 491 g/mol. The average Bonchev–Trinajstić information content (AvgIpc) is 3.21. The quantitative estimate of drug-likeness (QED) is 0.485. The molecular formula is C24H24F3N3O3S. The molecule has 1 aromatic heterocycles. The minimum Gasteiger partial charge on any atom is -0.494 e. The van der Waals surface area contributed by atoms with Gasteiger partial charge >= 0.3 is 6.18 Å². The maximum atomic E-state index is 13.8. The van der Waals surface area contributed by atoms with Crippen molar-refractivity contribution in [3.63, 3.8) is 0 Å². The van der Waals surface area contributed by atoms with Crippen molar-refractivity contribution in [3.05, 3.63) is 58.6 Å². The number of carbonyl (C=O) groups is 1. The molecule has 1 N–H and O–H groups in total. The van der Waals surface area contributed by atoms with Crippen LogP contribution >= 0.6 is 11.3 Å². The van der Waals surface area contributed by atoms with Gasteiger partial charge in [0.1, 0.15) is 15.6 Å². The van der Waals surface area contributed by atoms with E-state index >= 15 is 0 Å². The van der Waals surface area contributed by atoms with Crippen LogP contribution in [0.4, 0.5) is 24.5 Å². The fourth-order valence-electron chi connectivity index (χ4n) is 3.66. The zero-order valence-electron chi connectivity index (χ0n) is 18.7. The van der Waals surface area contributed by atoms with Gasteiger partial charge in [0.15, 0.2) is 0 Å². The number of alkyl halides is 3. The first-order valence-electron chi connectivity index (χ1n) is 10.8. The van der Waals surface area contributed by atoms with Crippen LogP contribution in [0.5, 0.6) is 5.75 Å². The third kappa shape index (κ3) is 5.34. The van der Waals surface area contributed by atoms with Crippen molar-refractivity contribution in [1.29, 1.82) is 0 Å². The largest absolute Gasteiger partial charge is 0.494 e. The highest BCUT2D eigenvalue weighted by molar-refractivity contribution is 7.17. The van der Waals surface area contributed by atoms with Gasteiger partial charge in [0.2, 0.25) is 0 Å². The SMILES string of the molecule is CCOc1ccc(-c2nc(C)c(C(=O)Nc3ccc(N4CCOCC4)cc3C(F)(F)F)s2)cc1. The summed E-state index contributed by atoms with van der Waals surface area (Å²) in [5.41, 5.74) is 0.510. The summed E-state index contributed by atoms with van der Waals surface area (Å²) in [4.78, 5) is 19.5. The minimum atomic E-state index is -4.62. The molecular weight excluding hydrogens is 467 g/mol. The first-order chi connectivity index (χ1) is 16.3. The first kappa shape index (κ1) is 24.0. The highest BCUT2D eigenvalue weighted by Gasteiger charge is 2.35. The summed E-state index contributed by atoms with van der Waals surface area (Å²) in [5.74, 6) is 0.0921. The van der Waals surface area contributed by atoms with Gasteiger partial charge in [0.05, 0.1) is 36.8 Å². The molecule has 1 saturated heterocycles. The number of hydrogen-bond donors (Lipinski definition) is 1. The number of amides is 1. The van der Waals surface area contributed by atoms with Crippen molar-refractivity contribution in [2.24, 2.45) is 0 Å². The van der Waals surface area contributed by atoms with E-state index in [9.17, 15) is 18.0 Å². The zero-order valence-corrected chi connectivity index (χ0v) is 19.6. The lowest BCUT2D eigenvalue weighted by Crippen LogP contribution is -2.36. The standard InChI is InChI=1S/C24H24F3N3O3S/c1-3-33-18-7-4-16(5-8-18)23-28-15(2)21(34-23)22(31)29-20-9-6-17(14-19(20)24(25,26)27)30-10-12-32-13-11-30/h4-9,14H,3,10-13H2,1-2H3,(H,29,31). The fourth-order valence-corrected chi connectivity index (χ4v) is 4.63. The van der Waals surface area contributed by atoms with Crippen LogP contribution < -0.4 is 15.0 Å². The van der Waals surface area contributed by atoms with Gasteiger partial charge in [-0.25, -0.2) is 4.98 Å². The number of aromatic nitrogens is 1. The van der Waals surface area contributed by atoms with Gasteiger partial charge in [0.25, 0.3) is 5.91 Å². The second-order valence-electron chi connectivity index (χ2n) is 7.67. The van der Waals surface area contributed by atoms with Crippen molar-refractivity contribution in [1.82, 2.24) is 4.98 Å². The number of carbonyl (C=O) groups excluding carboxylic acids is 1. The molecule has 0 aliphatic carbocycles. The third-order valence-electron chi connectivity index (χ3n) is 5.35. The first-order valence-corrected chi connectivity index (χ1v) is 11.6. The summed E-state index contributed by atoms with van der Waals surface area (Å²) in [6, 6.07) is 11.2. The van der Waals surface area contributed by atoms with Crippen molar-refractivity contribution >= 4 is 28.6 Å². The number of morpholine rings is 1. The van der Waals surface area contributed by atoms with Gasteiger partial charge in [-0.3, -0.25) is 4.79 Å². The molecule has 2 heterocycles.